The van der Waals surface area contributed by atoms with Crippen molar-refractivity contribution in [3.63, 3.8) is 0 Å². The first-order valence-electron chi connectivity index (χ1n) is 8.86. The summed E-state index contributed by atoms with van der Waals surface area (Å²) in [5.74, 6) is 1.31. The Hall–Kier alpha value is -1.68. The van der Waals surface area contributed by atoms with E-state index < -0.39 is 10.0 Å². The van der Waals surface area contributed by atoms with E-state index >= 15 is 0 Å². The van der Waals surface area contributed by atoms with Gasteiger partial charge in [-0.3, -0.25) is 4.68 Å². The number of halogens is 1. The molecule has 148 valence electrons. The maximum Gasteiger partial charge on any atom is 0.243 e. The number of benzene rings is 1. The number of ether oxygens (including phenoxy) is 1. The molecule has 27 heavy (non-hydrogen) atoms. The van der Waals surface area contributed by atoms with Gasteiger partial charge in [-0.15, -0.1) is 12.4 Å². The van der Waals surface area contributed by atoms with E-state index in [0.29, 0.717) is 16.5 Å². The highest BCUT2D eigenvalue weighted by Crippen LogP contribution is 2.34. The van der Waals surface area contributed by atoms with E-state index in [1.165, 1.54) is 6.33 Å². The smallest absolute Gasteiger partial charge is 0.243 e. The van der Waals surface area contributed by atoms with Gasteiger partial charge in [0.15, 0.2) is 5.82 Å². The van der Waals surface area contributed by atoms with Crippen molar-refractivity contribution in [3.05, 3.63) is 36.4 Å². The van der Waals surface area contributed by atoms with Gasteiger partial charge in [-0.1, -0.05) is 0 Å². The summed E-state index contributed by atoms with van der Waals surface area (Å²) < 4.78 is 35.3. The highest BCUT2D eigenvalue weighted by Gasteiger charge is 2.42. The molecule has 1 aromatic carbocycles. The van der Waals surface area contributed by atoms with E-state index in [-0.39, 0.29) is 31.1 Å². The van der Waals surface area contributed by atoms with Crippen molar-refractivity contribution in [1.82, 2.24) is 24.4 Å². The van der Waals surface area contributed by atoms with E-state index in [1.54, 1.807) is 40.3 Å². The molecule has 0 amide bonds. The fourth-order valence-electron chi connectivity index (χ4n) is 3.76. The Morgan fingerprint density at radius 1 is 1.19 bits per heavy atom. The lowest BCUT2D eigenvalue weighted by molar-refractivity contribution is 0.289. The van der Waals surface area contributed by atoms with Crippen LogP contribution in [0.25, 0.3) is 0 Å². The highest BCUT2D eigenvalue weighted by atomic mass is 35.5. The van der Waals surface area contributed by atoms with Gasteiger partial charge < -0.3 is 10.1 Å². The molecule has 0 spiro atoms. The molecule has 3 heterocycles. The maximum absolute atomic E-state index is 13.1. The Labute approximate surface area is 165 Å². The van der Waals surface area contributed by atoms with E-state index in [1.807, 2.05) is 0 Å². The van der Waals surface area contributed by atoms with Gasteiger partial charge in [-0.2, -0.15) is 9.40 Å². The van der Waals surface area contributed by atoms with Crippen molar-refractivity contribution in [2.75, 3.05) is 13.1 Å². The van der Waals surface area contributed by atoms with Crippen LogP contribution >= 0.6 is 12.4 Å². The molecule has 1 N–H and O–H groups in total. The third-order valence-corrected chi connectivity index (χ3v) is 7.18. The minimum atomic E-state index is -3.49. The summed E-state index contributed by atoms with van der Waals surface area (Å²) in [7, 11) is -1.69. The fourth-order valence-corrected chi connectivity index (χ4v) is 5.66. The number of sulfonamides is 1. The molecule has 2 aliphatic rings. The fraction of sp³-hybridized carbons (Fsp3) is 0.529. The zero-order valence-electron chi connectivity index (χ0n) is 15.1. The molecule has 8 nitrogen and oxygen atoms in total. The number of aryl methyl sites for hydroxylation is 1. The van der Waals surface area contributed by atoms with Crippen molar-refractivity contribution < 1.29 is 13.2 Å². The number of fused-ring (bicyclic) bond motifs is 2. The molecule has 10 heteroatoms. The molecule has 2 unspecified atom stereocenters. The van der Waals surface area contributed by atoms with Crippen molar-refractivity contribution >= 4 is 22.4 Å². The van der Waals surface area contributed by atoms with Crippen LogP contribution in [0.1, 0.15) is 25.1 Å². The number of nitrogens with one attached hydrogen (secondary N) is 1. The summed E-state index contributed by atoms with van der Waals surface area (Å²) in [6, 6.07) is 6.80. The summed E-state index contributed by atoms with van der Waals surface area (Å²) in [6.45, 7) is 1.89. The van der Waals surface area contributed by atoms with Crippen LogP contribution in [0.4, 0.5) is 0 Å². The second-order valence-corrected chi connectivity index (χ2v) is 8.62. The van der Waals surface area contributed by atoms with Crippen LogP contribution in [-0.2, 0) is 23.7 Å². The normalized spacial score (nSPS) is 22.9. The van der Waals surface area contributed by atoms with Crippen LogP contribution in [0, 0.1) is 0 Å². The second kappa shape index (κ2) is 8.14. The number of rotatable bonds is 5. The van der Waals surface area contributed by atoms with Gasteiger partial charge in [-0.25, -0.2) is 13.4 Å². The molecule has 4 rings (SSSR count). The van der Waals surface area contributed by atoms with E-state index in [2.05, 4.69) is 15.4 Å². The molecule has 2 fully saturated rings. The van der Waals surface area contributed by atoms with Crippen molar-refractivity contribution in [3.8, 4) is 5.75 Å². The molecule has 0 aliphatic carbocycles. The van der Waals surface area contributed by atoms with Gasteiger partial charge in [0.05, 0.1) is 4.90 Å². The maximum atomic E-state index is 13.1. The third-order valence-electron chi connectivity index (χ3n) is 5.16. The second-order valence-electron chi connectivity index (χ2n) is 6.77. The predicted octanol–water partition coefficient (Wildman–Crippen LogP) is 1.33. The summed E-state index contributed by atoms with van der Waals surface area (Å²) in [6.07, 6.45) is 4.22. The number of hydrogen-bond donors (Lipinski definition) is 1. The van der Waals surface area contributed by atoms with Crippen LogP contribution in [0.3, 0.4) is 0 Å². The topological polar surface area (TPSA) is 89.3 Å². The number of aromatic nitrogens is 3. The van der Waals surface area contributed by atoms with Gasteiger partial charge in [0.1, 0.15) is 18.7 Å². The molecule has 2 aliphatic heterocycles. The SMILES string of the molecule is Cl.Cn1ncnc1COc1ccc(S(=O)(=O)N2C3CCNCC2CC3)cc1. The van der Waals surface area contributed by atoms with E-state index in [0.717, 1.165) is 32.4 Å². The average Bonchev–Trinajstić information content (AvgIpc) is 3.15. The van der Waals surface area contributed by atoms with Gasteiger partial charge in [-0.05, 0) is 50.1 Å². The third kappa shape index (κ3) is 3.96. The molecule has 1 aromatic heterocycles. The lowest BCUT2D eigenvalue weighted by Gasteiger charge is -2.26. The van der Waals surface area contributed by atoms with Gasteiger partial charge in [0.25, 0.3) is 0 Å². The predicted molar refractivity (Wildman–Crippen MR) is 102 cm³/mol. The monoisotopic (exact) mass is 413 g/mol. The first-order valence-corrected chi connectivity index (χ1v) is 10.3. The molecule has 0 radical (unpaired) electrons. The molecule has 2 bridgehead atoms. The zero-order valence-corrected chi connectivity index (χ0v) is 16.7. The zero-order chi connectivity index (χ0) is 18.1. The Balaban J connectivity index is 0.00000210. The molecule has 2 aromatic rings. The minimum absolute atomic E-state index is 0. The molecule has 2 atom stereocenters. The van der Waals surface area contributed by atoms with Crippen molar-refractivity contribution in [2.45, 2.75) is 42.8 Å². The van der Waals surface area contributed by atoms with Gasteiger partial charge in [0.2, 0.25) is 10.0 Å². The quantitative estimate of drug-likeness (QED) is 0.795. The van der Waals surface area contributed by atoms with Crippen molar-refractivity contribution in [2.24, 2.45) is 7.05 Å². The first-order chi connectivity index (χ1) is 12.6. The van der Waals surface area contributed by atoms with Crippen LogP contribution in [0.2, 0.25) is 0 Å². The molecule has 2 saturated heterocycles. The van der Waals surface area contributed by atoms with Gasteiger partial charge in [0, 0.05) is 25.7 Å². The summed E-state index contributed by atoms with van der Waals surface area (Å²) >= 11 is 0. The molecular formula is C17H24ClN5O3S. The molecular weight excluding hydrogens is 390 g/mol. The minimum Gasteiger partial charge on any atom is -0.486 e. The lowest BCUT2D eigenvalue weighted by atomic mass is 10.1. The van der Waals surface area contributed by atoms with Crippen molar-refractivity contribution in [1.29, 1.82) is 0 Å². The van der Waals surface area contributed by atoms with Crippen LogP contribution in [0.15, 0.2) is 35.5 Å². The van der Waals surface area contributed by atoms with Crippen LogP contribution in [0.5, 0.6) is 5.75 Å². The number of nitrogens with zero attached hydrogens (tertiary/aromatic N) is 4. The summed E-state index contributed by atoms with van der Waals surface area (Å²) in [4.78, 5) is 4.42. The summed E-state index contributed by atoms with van der Waals surface area (Å²) in [5, 5.41) is 7.33. The number of hydrogen-bond acceptors (Lipinski definition) is 6. The highest BCUT2D eigenvalue weighted by molar-refractivity contribution is 7.89. The lowest BCUT2D eigenvalue weighted by Crippen LogP contribution is -2.42. The van der Waals surface area contributed by atoms with Crippen LogP contribution in [-0.4, -0.2) is 52.7 Å². The van der Waals surface area contributed by atoms with Gasteiger partial charge >= 0.3 is 0 Å². The van der Waals surface area contributed by atoms with E-state index in [4.69, 9.17) is 4.74 Å². The first kappa shape index (κ1) is 20.1. The average molecular weight is 414 g/mol. The summed E-state index contributed by atoms with van der Waals surface area (Å²) in [5.41, 5.74) is 0. The largest absolute Gasteiger partial charge is 0.486 e. The van der Waals surface area contributed by atoms with Crippen LogP contribution < -0.4 is 10.1 Å². The standard InChI is InChI=1S/C17H23N5O3S.ClH/c1-21-17(19-12-20-21)11-25-15-4-6-16(7-5-15)26(23,24)22-13-2-3-14(22)10-18-9-8-13;/h4-7,12-14,18H,2-3,8-11H2,1H3;1H. The Morgan fingerprint density at radius 3 is 2.63 bits per heavy atom. The van der Waals surface area contributed by atoms with E-state index in [9.17, 15) is 8.42 Å². The Kier molecular flexibility index (Phi) is 6.05. The Morgan fingerprint density at radius 2 is 1.93 bits per heavy atom. The Bertz CT molecular complexity index is 857. The molecule has 0 saturated carbocycles.